The molecule has 2 aromatic carbocycles. The van der Waals surface area contributed by atoms with E-state index in [4.69, 9.17) is 24.4 Å². The normalized spacial score (nSPS) is 10.5. The first-order valence-electron chi connectivity index (χ1n) is 12.0. The largest absolute Gasteiger partial charge is 0.488 e. The van der Waals surface area contributed by atoms with E-state index >= 15 is 0 Å². The molecule has 0 saturated carbocycles. The van der Waals surface area contributed by atoms with Crippen LogP contribution >= 0.6 is 0 Å². The summed E-state index contributed by atoms with van der Waals surface area (Å²) < 4.78 is 16.3. The quantitative estimate of drug-likeness (QED) is 0.320. The minimum absolute atomic E-state index is 0.0370. The maximum atomic E-state index is 11.1. The molecule has 0 atom stereocenters. The van der Waals surface area contributed by atoms with E-state index in [1.807, 2.05) is 45.0 Å². The first kappa shape index (κ1) is 31.8. The van der Waals surface area contributed by atoms with Gasteiger partial charge in [-0.3, -0.25) is 4.79 Å². The molecule has 0 radical (unpaired) electrons. The molecule has 0 aliphatic heterocycles. The van der Waals surface area contributed by atoms with Crippen LogP contribution in [0.1, 0.15) is 87.4 Å². The second-order valence-electron chi connectivity index (χ2n) is 8.11. The Morgan fingerprint density at radius 1 is 0.794 bits per heavy atom. The molecule has 6 heteroatoms. The monoisotopic (exact) mass is 476 g/mol. The summed E-state index contributed by atoms with van der Waals surface area (Å²) in [4.78, 5) is 11.1. The van der Waals surface area contributed by atoms with Crippen LogP contribution in [0.4, 0.5) is 0 Å². The maximum absolute atomic E-state index is 11.1. The van der Waals surface area contributed by atoms with Crippen LogP contribution in [0.3, 0.4) is 0 Å². The van der Waals surface area contributed by atoms with Gasteiger partial charge in [-0.2, -0.15) is 0 Å². The second-order valence-corrected chi connectivity index (χ2v) is 8.11. The molecule has 2 aromatic rings. The van der Waals surface area contributed by atoms with Crippen molar-refractivity contribution in [3.05, 3.63) is 64.7 Å². The Morgan fingerprint density at radius 3 is 1.71 bits per heavy atom. The summed E-state index contributed by atoms with van der Waals surface area (Å²) in [6.07, 6.45) is 0.848. The van der Waals surface area contributed by atoms with Crippen molar-refractivity contribution < 1.29 is 29.2 Å². The van der Waals surface area contributed by atoms with E-state index in [2.05, 4.69) is 45.9 Å². The van der Waals surface area contributed by atoms with Gasteiger partial charge in [0.05, 0.1) is 13.2 Å². The SMILES string of the molecule is CC(C)c1cccc(C(C)C)c1OCc1ccccc1C=O.CCOC(C)OCC.OCCO. The van der Waals surface area contributed by atoms with Crippen LogP contribution in [0.25, 0.3) is 0 Å². The Labute approximate surface area is 205 Å². The molecule has 6 nitrogen and oxygen atoms in total. The van der Waals surface area contributed by atoms with Gasteiger partial charge < -0.3 is 24.4 Å². The zero-order valence-corrected chi connectivity index (χ0v) is 21.9. The number of ether oxygens (including phenoxy) is 3. The minimum atomic E-state index is -0.125. The maximum Gasteiger partial charge on any atom is 0.154 e. The van der Waals surface area contributed by atoms with E-state index in [-0.39, 0.29) is 19.5 Å². The summed E-state index contributed by atoms with van der Waals surface area (Å²) in [5.41, 5.74) is 4.05. The van der Waals surface area contributed by atoms with E-state index in [1.165, 1.54) is 11.1 Å². The number of benzene rings is 2. The van der Waals surface area contributed by atoms with Gasteiger partial charge >= 0.3 is 0 Å². The third kappa shape index (κ3) is 12.3. The lowest BCUT2D eigenvalue weighted by molar-refractivity contribution is -0.123. The molecule has 2 rings (SSSR count). The molecule has 0 unspecified atom stereocenters. The third-order valence-electron chi connectivity index (χ3n) is 4.78. The standard InChI is InChI=1S/C20H24O2.C6H14O2.C2H6O2/c1-14(2)18-10-7-11-19(15(3)4)20(18)22-13-17-9-6-5-8-16(17)12-21;1-4-7-6(3)8-5-2;3-1-2-4/h5-12,14-15H,13H2,1-4H3;6H,4-5H2,1-3H3;3-4H,1-2H2. The lowest BCUT2D eigenvalue weighted by Gasteiger charge is -2.20. The van der Waals surface area contributed by atoms with Crippen LogP contribution in [-0.2, 0) is 16.1 Å². The molecule has 0 aliphatic carbocycles. The Hall–Kier alpha value is -2.25. The van der Waals surface area contributed by atoms with E-state index < -0.39 is 0 Å². The Morgan fingerprint density at radius 2 is 1.29 bits per heavy atom. The molecule has 2 N–H and O–H groups in total. The van der Waals surface area contributed by atoms with Crippen LogP contribution in [-0.4, -0.2) is 49.2 Å². The fourth-order valence-electron chi connectivity index (χ4n) is 3.10. The predicted octanol–water partition coefficient (Wildman–Crippen LogP) is 5.70. The molecule has 0 heterocycles. The van der Waals surface area contributed by atoms with Crippen molar-refractivity contribution in [2.45, 2.75) is 73.2 Å². The van der Waals surface area contributed by atoms with Crippen molar-refractivity contribution in [3.8, 4) is 5.75 Å². The van der Waals surface area contributed by atoms with Crippen molar-refractivity contribution in [1.29, 1.82) is 0 Å². The molecule has 0 fully saturated rings. The van der Waals surface area contributed by atoms with E-state index in [0.29, 0.717) is 24.0 Å². The summed E-state index contributed by atoms with van der Waals surface area (Å²) in [5.74, 6) is 1.76. The van der Waals surface area contributed by atoms with Crippen LogP contribution in [0.5, 0.6) is 5.75 Å². The Bertz CT molecular complexity index is 754. The van der Waals surface area contributed by atoms with Gasteiger partial charge in [0.2, 0.25) is 0 Å². The van der Waals surface area contributed by atoms with Gasteiger partial charge in [-0.15, -0.1) is 0 Å². The van der Waals surface area contributed by atoms with Gasteiger partial charge in [0.15, 0.2) is 6.29 Å². The smallest absolute Gasteiger partial charge is 0.154 e. The van der Waals surface area contributed by atoms with Crippen LogP contribution in [0.2, 0.25) is 0 Å². The number of carbonyl (C=O) groups is 1. The van der Waals surface area contributed by atoms with Crippen molar-refractivity contribution in [2.24, 2.45) is 0 Å². The van der Waals surface area contributed by atoms with Crippen molar-refractivity contribution in [2.75, 3.05) is 26.4 Å². The molecule has 192 valence electrons. The highest BCUT2D eigenvalue weighted by Gasteiger charge is 2.15. The molecule has 0 spiro atoms. The lowest BCUT2D eigenvalue weighted by Crippen LogP contribution is -2.11. The zero-order valence-electron chi connectivity index (χ0n) is 21.9. The van der Waals surface area contributed by atoms with Crippen molar-refractivity contribution in [1.82, 2.24) is 0 Å². The average Bonchev–Trinajstić information content (AvgIpc) is 2.83. The number of hydrogen-bond donors (Lipinski definition) is 2. The highest BCUT2D eigenvalue weighted by atomic mass is 16.7. The number of aliphatic hydroxyl groups excluding tert-OH is 2. The number of rotatable bonds is 11. The number of carbonyl (C=O) groups excluding carboxylic acids is 1. The summed E-state index contributed by atoms with van der Waals surface area (Å²) in [6, 6.07) is 13.9. The fraction of sp³-hybridized carbons (Fsp3) is 0.536. The summed E-state index contributed by atoms with van der Waals surface area (Å²) in [6.45, 7) is 16.1. The van der Waals surface area contributed by atoms with Crippen molar-refractivity contribution in [3.63, 3.8) is 0 Å². The molecule has 0 aromatic heterocycles. The molecular formula is C28H44O6. The van der Waals surface area contributed by atoms with E-state index in [9.17, 15) is 4.79 Å². The number of aliphatic hydroxyl groups is 2. The summed E-state index contributed by atoms with van der Waals surface area (Å²) in [5, 5.41) is 15.2. The average molecular weight is 477 g/mol. The van der Waals surface area contributed by atoms with Gasteiger partial charge in [-0.1, -0.05) is 70.2 Å². The van der Waals surface area contributed by atoms with E-state index in [0.717, 1.165) is 30.8 Å². The van der Waals surface area contributed by atoms with Gasteiger partial charge in [-0.05, 0) is 49.3 Å². The first-order chi connectivity index (χ1) is 16.3. The van der Waals surface area contributed by atoms with E-state index in [1.54, 1.807) is 0 Å². The van der Waals surface area contributed by atoms with Crippen LogP contribution < -0.4 is 4.74 Å². The molecule has 0 amide bonds. The molecule has 0 saturated heterocycles. The van der Waals surface area contributed by atoms with Crippen LogP contribution in [0, 0.1) is 0 Å². The minimum Gasteiger partial charge on any atom is -0.488 e. The molecule has 0 aliphatic rings. The zero-order chi connectivity index (χ0) is 25.9. The molecule has 0 bridgehead atoms. The lowest BCUT2D eigenvalue weighted by atomic mass is 9.94. The number of aldehydes is 1. The third-order valence-corrected chi connectivity index (χ3v) is 4.78. The topological polar surface area (TPSA) is 85.2 Å². The fourth-order valence-corrected chi connectivity index (χ4v) is 3.10. The number of hydrogen-bond acceptors (Lipinski definition) is 6. The van der Waals surface area contributed by atoms with Gasteiger partial charge in [0.25, 0.3) is 0 Å². The van der Waals surface area contributed by atoms with Gasteiger partial charge in [-0.25, -0.2) is 0 Å². The Balaban J connectivity index is 0.000000754. The molecular weight excluding hydrogens is 432 g/mol. The van der Waals surface area contributed by atoms with Gasteiger partial charge in [0.1, 0.15) is 18.6 Å². The number of para-hydroxylation sites is 1. The summed E-state index contributed by atoms with van der Waals surface area (Å²) >= 11 is 0. The predicted molar refractivity (Wildman–Crippen MR) is 138 cm³/mol. The van der Waals surface area contributed by atoms with Crippen molar-refractivity contribution >= 4 is 6.29 Å². The molecule has 34 heavy (non-hydrogen) atoms. The van der Waals surface area contributed by atoms with Gasteiger partial charge in [0, 0.05) is 18.8 Å². The first-order valence-corrected chi connectivity index (χ1v) is 12.0. The highest BCUT2D eigenvalue weighted by molar-refractivity contribution is 5.77. The Kier molecular flexibility index (Phi) is 17.8. The highest BCUT2D eigenvalue weighted by Crippen LogP contribution is 2.35. The summed E-state index contributed by atoms with van der Waals surface area (Å²) in [7, 11) is 0. The second kappa shape index (κ2) is 19.1. The van der Waals surface area contributed by atoms with Crippen LogP contribution in [0.15, 0.2) is 42.5 Å².